The molecule has 1 rings (SSSR count). The fourth-order valence-corrected chi connectivity index (χ4v) is 0.553. The molecule has 0 spiro atoms. The number of amides is 1. The molecule has 0 radical (unpaired) electrons. The van der Waals surface area contributed by atoms with E-state index in [0.717, 1.165) is 0 Å². The standard InChI is InChI=1S/C4H5N5O/c5-3(10)2-4(9-6)8-1-7-2/h1,6H,(H2,5,10)(H,7,8). The highest BCUT2D eigenvalue weighted by atomic mass is 16.1. The highest BCUT2D eigenvalue weighted by Crippen LogP contribution is 2.10. The van der Waals surface area contributed by atoms with Crippen molar-refractivity contribution in [3.05, 3.63) is 12.0 Å². The first-order valence-corrected chi connectivity index (χ1v) is 2.46. The van der Waals surface area contributed by atoms with Gasteiger partial charge in [0.05, 0.1) is 6.33 Å². The number of rotatable bonds is 2. The largest absolute Gasteiger partial charge is 0.364 e. The number of hydrogen-bond donors (Lipinski definition) is 3. The molecule has 0 fully saturated rings. The average Bonchev–Trinajstić information content (AvgIpc) is 2.33. The highest BCUT2D eigenvalue weighted by Gasteiger charge is 2.08. The molecule has 1 amide bonds. The number of aromatic nitrogens is 2. The number of aromatic amines is 1. The Morgan fingerprint density at radius 1 is 1.90 bits per heavy atom. The first kappa shape index (κ1) is 6.40. The average molecular weight is 139 g/mol. The Hall–Kier alpha value is -1.72. The van der Waals surface area contributed by atoms with Crippen LogP contribution >= 0.6 is 0 Å². The van der Waals surface area contributed by atoms with Crippen molar-refractivity contribution < 1.29 is 4.79 Å². The molecule has 0 aliphatic carbocycles. The van der Waals surface area contributed by atoms with Gasteiger partial charge in [0.1, 0.15) is 0 Å². The SMILES string of the molecule is N=Nc1[nH]cnc1C(N)=O. The number of primary amides is 1. The smallest absolute Gasteiger partial charge is 0.271 e. The second-order valence-electron chi connectivity index (χ2n) is 1.58. The molecule has 0 bridgehead atoms. The van der Waals surface area contributed by atoms with Crippen LogP contribution < -0.4 is 5.73 Å². The minimum absolute atomic E-state index is 0.00463. The molecule has 0 unspecified atom stereocenters. The fraction of sp³-hybridized carbons (Fsp3) is 0. The van der Waals surface area contributed by atoms with Gasteiger partial charge in [0.2, 0.25) is 0 Å². The van der Waals surface area contributed by atoms with Crippen LogP contribution in [0.2, 0.25) is 0 Å². The van der Waals surface area contributed by atoms with Crippen LogP contribution in [-0.4, -0.2) is 15.9 Å². The Kier molecular flexibility index (Phi) is 1.44. The second-order valence-corrected chi connectivity index (χ2v) is 1.58. The molecule has 4 N–H and O–H groups in total. The zero-order valence-electron chi connectivity index (χ0n) is 4.96. The van der Waals surface area contributed by atoms with Crippen LogP contribution in [0.3, 0.4) is 0 Å². The number of nitrogens with zero attached hydrogens (tertiary/aromatic N) is 2. The van der Waals surface area contributed by atoms with Crippen molar-refractivity contribution in [2.24, 2.45) is 10.8 Å². The number of nitrogens with one attached hydrogen (secondary N) is 2. The highest BCUT2D eigenvalue weighted by molar-refractivity contribution is 5.94. The molecule has 0 saturated heterocycles. The van der Waals surface area contributed by atoms with Gasteiger partial charge in [-0.3, -0.25) is 4.79 Å². The van der Waals surface area contributed by atoms with Gasteiger partial charge in [0.25, 0.3) is 5.91 Å². The van der Waals surface area contributed by atoms with E-state index < -0.39 is 5.91 Å². The molecule has 1 heterocycles. The Balaban J connectivity index is 3.13. The Morgan fingerprint density at radius 2 is 2.60 bits per heavy atom. The molecule has 6 nitrogen and oxygen atoms in total. The molecule has 0 aromatic carbocycles. The maximum Gasteiger partial charge on any atom is 0.271 e. The molecule has 0 saturated carbocycles. The summed E-state index contributed by atoms with van der Waals surface area (Å²) in [6.07, 6.45) is 1.26. The van der Waals surface area contributed by atoms with Gasteiger partial charge in [-0.15, -0.1) is 5.11 Å². The third-order valence-corrected chi connectivity index (χ3v) is 0.964. The summed E-state index contributed by atoms with van der Waals surface area (Å²) in [5, 5.41) is 2.98. The van der Waals surface area contributed by atoms with Gasteiger partial charge in [0, 0.05) is 0 Å². The summed E-state index contributed by atoms with van der Waals surface area (Å²) in [6, 6.07) is 0. The van der Waals surface area contributed by atoms with Gasteiger partial charge in [0.15, 0.2) is 11.5 Å². The van der Waals surface area contributed by atoms with E-state index in [1.54, 1.807) is 0 Å². The summed E-state index contributed by atoms with van der Waals surface area (Å²) in [4.78, 5) is 16.5. The van der Waals surface area contributed by atoms with Crippen LogP contribution in [-0.2, 0) is 0 Å². The van der Waals surface area contributed by atoms with E-state index in [-0.39, 0.29) is 11.5 Å². The van der Waals surface area contributed by atoms with Gasteiger partial charge in [-0.25, -0.2) is 10.5 Å². The van der Waals surface area contributed by atoms with E-state index in [0.29, 0.717) is 0 Å². The quantitative estimate of drug-likeness (QED) is 0.507. The predicted octanol–water partition coefficient (Wildman–Crippen LogP) is 0.171. The van der Waals surface area contributed by atoms with Crippen LogP contribution in [0.4, 0.5) is 5.82 Å². The van der Waals surface area contributed by atoms with E-state index >= 15 is 0 Å². The van der Waals surface area contributed by atoms with Crippen molar-refractivity contribution in [3.8, 4) is 0 Å². The second kappa shape index (κ2) is 2.26. The number of imidazole rings is 1. The first-order chi connectivity index (χ1) is 4.75. The predicted molar refractivity (Wildman–Crippen MR) is 31.9 cm³/mol. The summed E-state index contributed by atoms with van der Waals surface area (Å²) >= 11 is 0. The summed E-state index contributed by atoms with van der Waals surface area (Å²) < 4.78 is 0. The summed E-state index contributed by atoms with van der Waals surface area (Å²) in [7, 11) is 0. The van der Waals surface area contributed by atoms with Gasteiger partial charge in [-0.1, -0.05) is 0 Å². The summed E-state index contributed by atoms with van der Waals surface area (Å²) in [6.45, 7) is 0. The molecule has 0 aliphatic rings. The number of nitrogens with two attached hydrogens (primary N) is 1. The maximum absolute atomic E-state index is 10.4. The number of H-pyrrole nitrogens is 1. The van der Waals surface area contributed by atoms with E-state index in [2.05, 4.69) is 15.1 Å². The summed E-state index contributed by atoms with van der Waals surface area (Å²) in [5.74, 6) is -0.597. The number of hydrogen-bond acceptors (Lipinski definition) is 4. The minimum Gasteiger partial charge on any atom is -0.364 e. The maximum atomic E-state index is 10.4. The van der Waals surface area contributed by atoms with Crippen molar-refractivity contribution in [2.75, 3.05) is 0 Å². The molecule has 0 atom stereocenters. The van der Waals surface area contributed by atoms with Crippen LogP contribution in [0.25, 0.3) is 0 Å². The third kappa shape index (κ3) is 0.859. The lowest BCUT2D eigenvalue weighted by Crippen LogP contribution is -2.11. The monoisotopic (exact) mass is 139 g/mol. The van der Waals surface area contributed by atoms with E-state index in [4.69, 9.17) is 11.3 Å². The van der Waals surface area contributed by atoms with Gasteiger partial charge >= 0.3 is 0 Å². The van der Waals surface area contributed by atoms with Crippen molar-refractivity contribution in [1.29, 1.82) is 5.53 Å². The lowest BCUT2D eigenvalue weighted by molar-refractivity contribution is 0.0996. The van der Waals surface area contributed by atoms with E-state index in [1.165, 1.54) is 6.33 Å². The first-order valence-electron chi connectivity index (χ1n) is 2.46. The van der Waals surface area contributed by atoms with Crippen LogP contribution in [0.15, 0.2) is 11.4 Å². The molecule has 6 heteroatoms. The minimum atomic E-state index is -0.688. The zero-order valence-corrected chi connectivity index (χ0v) is 4.96. The van der Waals surface area contributed by atoms with Gasteiger partial charge in [-0.05, 0) is 0 Å². The molecule has 52 valence electrons. The van der Waals surface area contributed by atoms with Crippen molar-refractivity contribution in [2.45, 2.75) is 0 Å². The van der Waals surface area contributed by atoms with Crippen LogP contribution in [0, 0.1) is 5.53 Å². The van der Waals surface area contributed by atoms with Gasteiger partial charge in [-0.2, -0.15) is 0 Å². The molecule has 1 aromatic rings. The number of carbonyl (C=O) groups excluding carboxylic acids is 1. The lowest BCUT2D eigenvalue weighted by Gasteiger charge is -1.85. The zero-order chi connectivity index (χ0) is 7.56. The molecule has 1 aromatic heterocycles. The third-order valence-electron chi connectivity index (χ3n) is 0.964. The molecular formula is C4H5N5O. The van der Waals surface area contributed by atoms with Gasteiger partial charge < -0.3 is 10.7 Å². The van der Waals surface area contributed by atoms with Crippen molar-refractivity contribution in [3.63, 3.8) is 0 Å². The molecular weight excluding hydrogens is 134 g/mol. The van der Waals surface area contributed by atoms with Crippen LogP contribution in [0.5, 0.6) is 0 Å². The molecule has 0 aliphatic heterocycles. The van der Waals surface area contributed by atoms with Crippen molar-refractivity contribution >= 4 is 11.7 Å². The van der Waals surface area contributed by atoms with E-state index in [9.17, 15) is 4.79 Å². The Labute approximate surface area is 56.0 Å². The van der Waals surface area contributed by atoms with E-state index in [1.807, 2.05) is 0 Å². The normalized spacial score (nSPS) is 9.20. The molecule has 10 heavy (non-hydrogen) atoms. The number of carbonyl (C=O) groups is 1. The fourth-order valence-electron chi connectivity index (χ4n) is 0.553. The lowest BCUT2D eigenvalue weighted by atomic mass is 10.4. The Morgan fingerprint density at radius 3 is 3.00 bits per heavy atom. The van der Waals surface area contributed by atoms with Crippen LogP contribution in [0.1, 0.15) is 10.5 Å². The van der Waals surface area contributed by atoms with Crippen molar-refractivity contribution in [1.82, 2.24) is 9.97 Å². The summed E-state index contributed by atoms with van der Waals surface area (Å²) in [5.41, 5.74) is 11.4. The Bertz CT molecular complexity index is 264. The topological polar surface area (TPSA) is 108 Å².